The zero-order valence-electron chi connectivity index (χ0n) is 19.0. The summed E-state index contributed by atoms with van der Waals surface area (Å²) in [7, 11) is 0. The van der Waals surface area contributed by atoms with Gasteiger partial charge in [-0.2, -0.15) is 31.4 Å². The van der Waals surface area contributed by atoms with Crippen LogP contribution in [0.1, 0.15) is 27.2 Å². The molecule has 0 radical (unpaired) electrons. The number of carbonyl (C=O) groups is 1. The fraction of sp³-hybridized carbons (Fsp3) is 0.571. The second-order valence-corrected chi connectivity index (χ2v) is 9.68. The Labute approximate surface area is 202 Å². The van der Waals surface area contributed by atoms with Crippen LogP contribution in [0.5, 0.6) is 0 Å². The van der Waals surface area contributed by atoms with E-state index in [9.17, 15) is 31.1 Å². The molecule has 1 aliphatic heterocycles. The molecule has 0 bridgehead atoms. The normalized spacial score (nSPS) is 19.5. The second kappa shape index (κ2) is 9.75. The van der Waals surface area contributed by atoms with Crippen LogP contribution < -0.4 is 10.2 Å². The lowest BCUT2D eigenvalue weighted by atomic mass is 9.92. The molecular weight excluding hydrogens is 504 g/mol. The van der Waals surface area contributed by atoms with Crippen molar-refractivity contribution in [3.63, 3.8) is 0 Å². The van der Waals surface area contributed by atoms with Crippen LogP contribution in [0.3, 0.4) is 0 Å². The molecule has 35 heavy (non-hydrogen) atoms. The van der Waals surface area contributed by atoms with Crippen LogP contribution in [0.2, 0.25) is 5.15 Å². The number of nitrogens with one attached hydrogen (secondary N) is 1. The molecule has 1 amide bonds. The number of pyridine rings is 1. The Morgan fingerprint density at radius 3 is 2.46 bits per heavy atom. The van der Waals surface area contributed by atoms with Gasteiger partial charge in [-0.25, -0.2) is 9.78 Å². The van der Waals surface area contributed by atoms with E-state index >= 15 is 0 Å². The molecule has 0 aliphatic carbocycles. The molecule has 0 spiro atoms. The molecule has 1 saturated heterocycles. The number of alkyl halides is 6. The fourth-order valence-electron chi connectivity index (χ4n) is 3.79. The standard InChI is InChI=1S/C21H24ClF6N5O2/c1-19(2,3)35-18(34)31-14-4-13(21(26,27)28)9-32(10-14)16-5-17(22)29-7-15(16)12-6-30-33(8-12)11-20(23,24)25/h5-8,13-14H,4,9-11H2,1-3H3,(H,31,34)/t13-,14+/m1/s1. The van der Waals surface area contributed by atoms with Crippen molar-refractivity contribution >= 4 is 23.4 Å². The number of ether oxygens (including phenoxy) is 1. The van der Waals surface area contributed by atoms with Gasteiger partial charge in [0.15, 0.2) is 0 Å². The van der Waals surface area contributed by atoms with Gasteiger partial charge < -0.3 is 15.0 Å². The molecule has 1 N–H and O–H groups in total. The highest BCUT2D eigenvalue weighted by molar-refractivity contribution is 6.29. The maximum absolute atomic E-state index is 13.7. The van der Waals surface area contributed by atoms with Crippen molar-refractivity contribution in [1.82, 2.24) is 20.1 Å². The summed E-state index contributed by atoms with van der Waals surface area (Å²) in [6.07, 6.45) is -6.71. The Kier molecular flexibility index (Phi) is 7.49. The van der Waals surface area contributed by atoms with E-state index in [2.05, 4.69) is 15.4 Å². The summed E-state index contributed by atoms with van der Waals surface area (Å²) in [5, 5.41) is 6.16. The van der Waals surface area contributed by atoms with Gasteiger partial charge in [0.1, 0.15) is 17.3 Å². The summed E-state index contributed by atoms with van der Waals surface area (Å²) >= 11 is 6.02. The highest BCUT2D eigenvalue weighted by Gasteiger charge is 2.45. The van der Waals surface area contributed by atoms with E-state index < -0.39 is 49.1 Å². The number of aromatic nitrogens is 3. The Hall–Kier alpha value is -2.70. The summed E-state index contributed by atoms with van der Waals surface area (Å²) in [5.41, 5.74) is -0.146. The summed E-state index contributed by atoms with van der Waals surface area (Å²) in [5.74, 6) is -1.79. The zero-order valence-corrected chi connectivity index (χ0v) is 19.8. The van der Waals surface area contributed by atoms with E-state index in [-0.39, 0.29) is 34.9 Å². The number of alkyl carbamates (subject to hydrolysis) is 1. The van der Waals surface area contributed by atoms with Crippen molar-refractivity contribution in [1.29, 1.82) is 0 Å². The molecule has 3 rings (SSSR count). The molecule has 1 fully saturated rings. The number of rotatable bonds is 4. The number of halogens is 7. The molecule has 2 aromatic rings. The number of nitrogens with zero attached hydrogens (tertiary/aromatic N) is 4. The van der Waals surface area contributed by atoms with Gasteiger partial charge in [0.05, 0.1) is 18.2 Å². The van der Waals surface area contributed by atoms with Gasteiger partial charge in [0, 0.05) is 42.3 Å². The maximum atomic E-state index is 13.7. The molecule has 194 valence electrons. The average Bonchev–Trinajstić information content (AvgIpc) is 3.11. The Balaban J connectivity index is 1.93. The smallest absolute Gasteiger partial charge is 0.408 e. The van der Waals surface area contributed by atoms with E-state index in [4.69, 9.17) is 16.3 Å². The van der Waals surface area contributed by atoms with Gasteiger partial charge in [-0.05, 0) is 33.3 Å². The van der Waals surface area contributed by atoms with Gasteiger partial charge in [0.25, 0.3) is 0 Å². The van der Waals surface area contributed by atoms with E-state index in [0.29, 0.717) is 4.68 Å². The molecule has 0 aromatic carbocycles. The van der Waals surface area contributed by atoms with Gasteiger partial charge in [0.2, 0.25) is 0 Å². The monoisotopic (exact) mass is 527 g/mol. The van der Waals surface area contributed by atoms with Crippen molar-refractivity contribution in [3.05, 3.63) is 29.8 Å². The minimum atomic E-state index is -4.55. The number of amides is 1. The molecule has 1 aliphatic rings. The molecule has 3 heterocycles. The van der Waals surface area contributed by atoms with E-state index in [1.807, 2.05) is 0 Å². The van der Waals surface area contributed by atoms with E-state index in [1.165, 1.54) is 23.4 Å². The summed E-state index contributed by atoms with van der Waals surface area (Å²) in [6, 6.07) is 0.416. The van der Waals surface area contributed by atoms with Crippen LogP contribution >= 0.6 is 11.6 Å². The largest absolute Gasteiger partial charge is 0.444 e. The SMILES string of the molecule is CC(C)(C)OC(=O)N[C@H]1C[C@@H](C(F)(F)F)CN(c2cc(Cl)ncc2-c2cnn(CC(F)(F)F)c2)C1. The van der Waals surface area contributed by atoms with Crippen molar-refractivity contribution in [2.75, 3.05) is 18.0 Å². The average molecular weight is 528 g/mol. The lowest BCUT2D eigenvalue weighted by Crippen LogP contribution is -2.54. The minimum absolute atomic E-state index is 0.0165. The molecule has 7 nitrogen and oxygen atoms in total. The number of carbonyl (C=O) groups excluding carboxylic acids is 1. The van der Waals surface area contributed by atoms with Crippen LogP contribution in [-0.2, 0) is 11.3 Å². The predicted octanol–water partition coefficient (Wildman–Crippen LogP) is 5.44. The summed E-state index contributed by atoms with van der Waals surface area (Å²) in [6.45, 7) is 3.09. The third kappa shape index (κ3) is 7.64. The molecule has 2 aromatic heterocycles. The van der Waals surface area contributed by atoms with Crippen LogP contribution in [0.25, 0.3) is 11.1 Å². The lowest BCUT2D eigenvalue weighted by Gasteiger charge is -2.40. The third-order valence-electron chi connectivity index (χ3n) is 5.11. The van der Waals surface area contributed by atoms with Crippen molar-refractivity contribution in [2.45, 2.75) is 57.7 Å². The fourth-order valence-corrected chi connectivity index (χ4v) is 3.94. The molecule has 0 unspecified atom stereocenters. The molecular formula is C21H24ClF6N5O2. The van der Waals surface area contributed by atoms with Crippen LogP contribution in [0, 0.1) is 5.92 Å². The third-order valence-corrected chi connectivity index (χ3v) is 5.32. The first-order valence-electron chi connectivity index (χ1n) is 10.6. The first-order valence-corrected chi connectivity index (χ1v) is 10.9. The van der Waals surface area contributed by atoms with Gasteiger partial charge in [-0.15, -0.1) is 0 Å². The number of hydrogen-bond donors (Lipinski definition) is 1. The molecule has 0 saturated carbocycles. The second-order valence-electron chi connectivity index (χ2n) is 9.29. The van der Waals surface area contributed by atoms with Gasteiger partial charge in [-0.1, -0.05) is 11.6 Å². The number of hydrogen-bond acceptors (Lipinski definition) is 5. The summed E-state index contributed by atoms with van der Waals surface area (Å²) < 4.78 is 85.3. The first-order chi connectivity index (χ1) is 16.0. The lowest BCUT2D eigenvalue weighted by molar-refractivity contribution is -0.177. The highest BCUT2D eigenvalue weighted by Crippen LogP contribution is 2.39. The zero-order chi connectivity index (χ0) is 26.2. The van der Waals surface area contributed by atoms with Crippen LogP contribution in [-0.4, -0.2) is 57.9 Å². The topological polar surface area (TPSA) is 72.3 Å². The quantitative estimate of drug-likeness (QED) is 0.423. The van der Waals surface area contributed by atoms with E-state index in [0.717, 1.165) is 6.20 Å². The minimum Gasteiger partial charge on any atom is -0.444 e. The predicted molar refractivity (Wildman–Crippen MR) is 116 cm³/mol. The Morgan fingerprint density at radius 1 is 1.17 bits per heavy atom. The van der Waals surface area contributed by atoms with Crippen LogP contribution in [0.15, 0.2) is 24.7 Å². The van der Waals surface area contributed by atoms with E-state index in [1.54, 1.807) is 20.8 Å². The number of anilines is 1. The van der Waals surface area contributed by atoms with Gasteiger partial charge in [-0.3, -0.25) is 4.68 Å². The Morgan fingerprint density at radius 2 is 1.86 bits per heavy atom. The van der Waals surface area contributed by atoms with Crippen molar-refractivity contribution in [2.24, 2.45) is 5.92 Å². The van der Waals surface area contributed by atoms with Crippen LogP contribution in [0.4, 0.5) is 36.8 Å². The van der Waals surface area contributed by atoms with Gasteiger partial charge >= 0.3 is 18.4 Å². The van der Waals surface area contributed by atoms with Crippen molar-refractivity contribution < 1.29 is 35.9 Å². The summed E-state index contributed by atoms with van der Waals surface area (Å²) in [4.78, 5) is 17.5. The first kappa shape index (κ1) is 26.9. The molecule has 2 atom stereocenters. The molecule has 14 heteroatoms. The maximum Gasteiger partial charge on any atom is 0.408 e. The Bertz CT molecular complexity index is 1050. The highest BCUT2D eigenvalue weighted by atomic mass is 35.5. The van der Waals surface area contributed by atoms with Crippen molar-refractivity contribution in [3.8, 4) is 11.1 Å². The number of piperidine rings is 1.